The minimum atomic E-state index is -0.0813. The van der Waals surface area contributed by atoms with Crippen molar-refractivity contribution in [1.29, 1.82) is 0 Å². The Morgan fingerprint density at radius 2 is 1.96 bits per heavy atom. The standard InChI is InChI=1S/C20H19NO3S3/c1-21-19(22)18(27-20(21)25)13-14-8-9-16(17(12-14)23-2)24-10-11-26-15-6-4-3-5-7-15/h3-9,12-13H,10-11H2,1-2H3. The van der Waals surface area contributed by atoms with Crippen LogP contribution in [0.1, 0.15) is 5.56 Å². The summed E-state index contributed by atoms with van der Waals surface area (Å²) in [5, 5.41) is 0. The number of carbonyl (C=O) groups excluding carboxylic acids is 1. The molecule has 2 aromatic rings. The van der Waals surface area contributed by atoms with Crippen LogP contribution >= 0.6 is 35.7 Å². The van der Waals surface area contributed by atoms with E-state index in [1.54, 1.807) is 25.9 Å². The van der Waals surface area contributed by atoms with Crippen molar-refractivity contribution in [3.63, 3.8) is 0 Å². The molecule has 0 aromatic heterocycles. The first-order chi connectivity index (χ1) is 13.1. The van der Waals surface area contributed by atoms with Crippen LogP contribution in [0.15, 0.2) is 58.3 Å². The highest BCUT2D eigenvalue weighted by Gasteiger charge is 2.28. The predicted molar refractivity (Wildman–Crippen MR) is 117 cm³/mol. The summed E-state index contributed by atoms with van der Waals surface area (Å²) in [4.78, 5) is 15.4. The summed E-state index contributed by atoms with van der Waals surface area (Å²) in [6, 6.07) is 15.9. The molecule has 1 aliphatic rings. The fourth-order valence-corrected chi connectivity index (χ4v) is 4.35. The second-order valence-electron chi connectivity index (χ2n) is 5.66. The van der Waals surface area contributed by atoms with Gasteiger partial charge >= 0.3 is 0 Å². The van der Waals surface area contributed by atoms with E-state index in [4.69, 9.17) is 21.7 Å². The Balaban J connectivity index is 1.62. The van der Waals surface area contributed by atoms with Gasteiger partial charge < -0.3 is 9.47 Å². The predicted octanol–water partition coefficient (Wildman–Crippen LogP) is 4.70. The number of carbonyl (C=O) groups is 1. The lowest BCUT2D eigenvalue weighted by Crippen LogP contribution is -2.22. The zero-order chi connectivity index (χ0) is 19.2. The van der Waals surface area contributed by atoms with Crippen molar-refractivity contribution >= 4 is 52.0 Å². The van der Waals surface area contributed by atoms with E-state index in [0.29, 0.717) is 27.3 Å². The molecule has 27 heavy (non-hydrogen) atoms. The molecule has 4 nitrogen and oxygen atoms in total. The number of thiocarbonyl (C=S) groups is 1. The van der Waals surface area contributed by atoms with E-state index in [0.717, 1.165) is 11.3 Å². The average molecular weight is 418 g/mol. The number of rotatable bonds is 7. The van der Waals surface area contributed by atoms with Gasteiger partial charge in [-0.05, 0) is 35.9 Å². The van der Waals surface area contributed by atoms with Crippen LogP contribution in [0.5, 0.6) is 11.5 Å². The SMILES string of the molecule is COc1cc(C=C2SC(=S)N(C)C2=O)ccc1OCCSc1ccccc1. The zero-order valence-corrected chi connectivity index (χ0v) is 17.5. The number of thioether (sulfide) groups is 2. The molecule has 2 aromatic carbocycles. The molecule has 3 rings (SSSR count). The first-order valence-corrected chi connectivity index (χ1v) is 10.5. The molecule has 0 saturated carbocycles. The van der Waals surface area contributed by atoms with Gasteiger partial charge in [-0.15, -0.1) is 11.8 Å². The topological polar surface area (TPSA) is 38.8 Å². The van der Waals surface area contributed by atoms with Gasteiger partial charge in [-0.2, -0.15) is 0 Å². The van der Waals surface area contributed by atoms with Crippen molar-refractivity contribution in [3.8, 4) is 11.5 Å². The van der Waals surface area contributed by atoms with E-state index in [1.807, 2.05) is 42.5 Å². The fourth-order valence-electron chi connectivity index (χ4n) is 2.42. The second-order valence-corrected chi connectivity index (χ2v) is 8.51. The molecule has 1 heterocycles. The summed E-state index contributed by atoms with van der Waals surface area (Å²) in [5.74, 6) is 2.09. The largest absolute Gasteiger partial charge is 0.493 e. The minimum Gasteiger partial charge on any atom is -0.493 e. The number of methoxy groups -OCH3 is 1. The molecule has 1 fully saturated rings. The number of ether oxygens (including phenoxy) is 2. The molecule has 0 aliphatic carbocycles. The molecule has 0 atom stereocenters. The normalized spacial score (nSPS) is 15.5. The van der Waals surface area contributed by atoms with Crippen LogP contribution in [-0.4, -0.2) is 41.6 Å². The molecule has 140 valence electrons. The van der Waals surface area contributed by atoms with Gasteiger partial charge in [0.25, 0.3) is 5.91 Å². The average Bonchev–Trinajstić information content (AvgIpc) is 2.93. The zero-order valence-electron chi connectivity index (χ0n) is 15.0. The highest BCUT2D eigenvalue weighted by molar-refractivity contribution is 8.26. The summed E-state index contributed by atoms with van der Waals surface area (Å²) >= 11 is 8.21. The van der Waals surface area contributed by atoms with Gasteiger partial charge in [-0.1, -0.05) is 48.2 Å². The summed E-state index contributed by atoms with van der Waals surface area (Å²) in [6.07, 6.45) is 1.82. The highest BCUT2D eigenvalue weighted by Crippen LogP contribution is 2.34. The first-order valence-electron chi connectivity index (χ1n) is 8.28. The van der Waals surface area contributed by atoms with Gasteiger partial charge in [0, 0.05) is 17.7 Å². The summed E-state index contributed by atoms with van der Waals surface area (Å²) in [6.45, 7) is 0.573. The third-order valence-corrected chi connectivity index (χ3v) is 6.29. The Bertz CT molecular complexity index is 868. The van der Waals surface area contributed by atoms with Crippen LogP contribution < -0.4 is 9.47 Å². The van der Waals surface area contributed by atoms with Crippen molar-refractivity contribution in [1.82, 2.24) is 4.90 Å². The Morgan fingerprint density at radius 3 is 2.63 bits per heavy atom. The molecule has 0 unspecified atom stereocenters. The number of benzene rings is 2. The molecule has 1 aliphatic heterocycles. The van der Waals surface area contributed by atoms with Gasteiger partial charge in [0.15, 0.2) is 11.5 Å². The van der Waals surface area contributed by atoms with E-state index < -0.39 is 0 Å². The van der Waals surface area contributed by atoms with Gasteiger partial charge in [-0.3, -0.25) is 9.69 Å². The lowest BCUT2D eigenvalue weighted by Gasteiger charge is -2.11. The number of amides is 1. The van der Waals surface area contributed by atoms with Gasteiger partial charge in [0.1, 0.15) is 4.32 Å². The van der Waals surface area contributed by atoms with E-state index in [1.165, 1.54) is 21.6 Å². The van der Waals surface area contributed by atoms with E-state index in [-0.39, 0.29) is 5.91 Å². The van der Waals surface area contributed by atoms with Gasteiger partial charge in [-0.25, -0.2) is 0 Å². The van der Waals surface area contributed by atoms with E-state index in [9.17, 15) is 4.79 Å². The lowest BCUT2D eigenvalue weighted by molar-refractivity contribution is -0.121. The Kier molecular flexibility index (Phi) is 6.82. The maximum Gasteiger partial charge on any atom is 0.265 e. The number of likely N-dealkylation sites (N-methyl/N-ethyl adjacent to an activating group) is 1. The molecular formula is C20H19NO3S3. The molecule has 1 amide bonds. The number of hydrogen-bond donors (Lipinski definition) is 0. The molecule has 7 heteroatoms. The fraction of sp³-hybridized carbons (Fsp3) is 0.200. The Hall–Kier alpha value is -1.96. The molecule has 0 spiro atoms. The maximum atomic E-state index is 12.1. The first kappa shape index (κ1) is 19.8. The molecular weight excluding hydrogens is 398 g/mol. The summed E-state index contributed by atoms with van der Waals surface area (Å²) in [5.41, 5.74) is 0.867. The van der Waals surface area contributed by atoms with Crippen molar-refractivity contribution < 1.29 is 14.3 Å². The van der Waals surface area contributed by atoms with Crippen LogP contribution in [0.2, 0.25) is 0 Å². The van der Waals surface area contributed by atoms with Crippen molar-refractivity contribution in [3.05, 3.63) is 59.0 Å². The van der Waals surface area contributed by atoms with Crippen LogP contribution in [0.3, 0.4) is 0 Å². The van der Waals surface area contributed by atoms with Crippen molar-refractivity contribution in [2.24, 2.45) is 0 Å². The smallest absolute Gasteiger partial charge is 0.265 e. The second kappa shape index (κ2) is 9.30. The lowest BCUT2D eigenvalue weighted by atomic mass is 10.2. The molecule has 0 N–H and O–H groups in total. The summed E-state index contributed by atoms with van der Waals surface area (Å²) in [7, 11) is 3.29. The van der Waals surface area contributed by atoms with Gasteiger partial charge in [0.05, 0.1) is 18.6 Å². The molecule has 1 saturated heterocycles. The Labute approximate surface area is 172 Å². The maximum absolute atomic E-state index is 12.1. The number of nitrogens with zero attached hydrogens (tertiary/aromatic N) is 1. The third-order valence-electron chi connectivity index (χ3n) is 3.82. The quantitative estimate of drug-likeness (QED) is 0.281. The van der Waals surface area contributed by atoms with Crippen molar-refractivity contribution in [2.45, 2.75) is 4.90 Å². The summed E-state index contributed by atoms with van der Waals surface area (Å²) < 4.78 is 11.9. The number of hydrogen-bond acceptors (Lipinski definition) is 6. The highest BCUT2D eigenvalue weighted by atomic mass is 32.2. The minimum absolute atomic E-state index is 0.0813. The third kappa shape index (κ3) is 5.06. The van der Waals surface area contributed by atoms with Crippen LogP contribution in [0, 0.1) is 0 Å². The van der Waals surface area contributed by atoms with Gasteiger partial charge in [0.2, 0.25) is 0 Å². The monoisotopic (exact) mass is 417 g/mol. The van der Waals surface area contributed by atoms with Crippen LogP contribution in [0.25, 0.3) is 6.08 Å². The van der Waals surface area contributed by atoms with E-state index in [2.05, 4.69) is 12.1 Å². The van der Waals surface area contributed by atoms with E-state index >= 15 is 0 Å². The Morgan fingerprint density at radius 1 is 1.19 bits per heavy atom. The van der Waals surface area contributed by atoms with Crippen LogP contribution in [-0.2, 0) is 4.79 Å². The van der Waals surface area contributed by atoms with Crippen LogP contribution in [0.4, 0.5) is 0 Å². The molecule has 0 radical (unpaired) electrons. The van der Waals surface area contributed by atoms with Crippen molar-refractivity contribution in [2.75, 3.05) is 26.5 Å². The molecule has 0 bridgehead atoms.